The highest BCUT2D eigenvalue weighted by molar-refractivity contribution is 7.10. The Morgan fingerprint density at radius 2 is 1.90 bits per heavy atom. The van der Waals surface area contributed by atoms with E-state index in [0.717, 1.165) is 31.1 Å². The maximum atomic E-state index is 12.4. The van der Waals surface area contributed by atoms with Crippen LogP contribution in [-0.2, 0) is 0 Å². The molecule has 1 aromatic heterocycles. The molecule has 1 aliphatic rings. The molecule has 2 nitrogen and oxygen atoms in total. The second-order valence-corrected chi connectivity index (χ2v) is 5.45. The fraction of sp³-hybridized carbons (Fsp3) is 0.667. The van der Waals surface area contributed by atoms with Crippen molar-refractivity contribution in [3.8, 4) is 0 Å². The Balaban J connectivity index is 0.00000180. The molecule has 1 aliphatic heterocycles. The van der Waals surface area contributed by atoms with Crippen LogP contribution < -0.4 is 5.32 Å². The molecule has 0 aromatic carbocycles. The van der Waals surface area contributed by atoms with E-state index in [1.165, 1.54) is 0 Å². The summed E-state index contributed by atoms with van der Waals surface area (Å²) in [6.07, 6.45) is -4.62. The molecule has 1 saturated heterocycles. The van der Waals surface area contributed by atoms with Crippen molar-refractivity contribution in [2.75, 3.05) is 26.2 Å². The molecule has 2 rings (SSSR count). The van der Waals surface area contributed by atoms with Crippen molar-refractivity contribution in [1.29, 1.82) is 0 Å². The van der Waals surface area contributed by atoms with E-state index < -0.39 is 12.6 Å². The fourth-order valence-corrected chi connectivity index (χ4v) is 3.18. The van der Waals surface area contributed by atoms with Crippen LogP contribution in [0.15, 0.2) is 17.5 Å². The maximum absolute atomic E-state index is 12.4. The summed E-state index contributed by atoms with van der Waals surface area (Å²) < 4.78 is 37.2. The Hall–Kier alpha value is -0.0100. The zero-order valence-corrected chi connectivity index (χ0v) is 13.3. The summed E-state index contributed by atoms with van der Waals surface area (Å²) in [6.45, 7) is 3.35. The largest absolute Gasteiger partial charge is 0.389 e. The van der Waals surface area contributed by atoms with Crippen LogP contribution in [0.1, 0.15) is 23.8 Å². The van der Waals surface area contributed by atoms with E-state index >= 15 is 0 Å². The van der Waals surface area contributed by atoms with Crippen molar-refractivity contribution in [3.05, 3.63) is 22.4 Å². The van der Waals surface area contributed by atoms with Gasteiger partial charge in [0.1, 0.15) is 0 Å². The van der Waals surface area contributed by atoms with E-state index in [1.807, 2.05) is 17.5 Å². The Bertz CT molecular complexity index is 354. The first-order valence-electron chi connectivity index (χ1n) is 6.11. The van der Waals surface area contributed by atoms with Crippen LogP contribution in [0.3, 0.4) is 0 Å². The van der Waals surface area contributed by atoms with E-state index in [0.29, 0.717) is 0 Å². The van der Waals surface area contributed by atoms with Gasteiger partial charge < -0.3 is 5.32 Å². The third-order valence-corrected chi connectivity index (χ3v) is 4.14. The van der Waals surface area contributed by atoms with Crippen LogP contribution in [0.4, 0.5) is 13.2 Å². The van der Waals surface area contributed by atoms with E-state index in [4.69, 9.17) is 0 Å². The zero-order valence-electron chi connectivity index (χ0n) is 10.9. The van der Waals surface area contributed by atoms with Crippen LogP contribution in [0.2, 0.25) is 0 Å². The number of nitrogens with zero attached hydrogens (tertiary/aromatic N) is 1. The second kappa shape index (κ2) is 9.10. The van der Waals surface area contributed by atoms with Gasteiger partial charge in [-0.3, -0.25) is 4.90 Å². The molecular formula is C12H19Cl2F3N2S. The van der Waals surface area contributed by atoms with Crippen LogP contribution in [0.25, 0.3) is 0 Å². The van der Waals surface area contributed by atoms with Gasteiger partial charge in [0.2, 0.25) is 0 Å². The number of nitrogens with one attached hydrogen (secondary N) is 1. The summed E-state index contributed by atoms with van der Waals surface area (Å²) >= 11 is 1.55. The summed E-state index contributed by atoms with van der Waals surface area (Å²) in [6, 6.07) is 3.75. The van der Waals surface area contributed by atoms with Gasteiger partial charge in [0.25, 0.3) is 0 Å². The average molecular weight is 351 g/mol. The van der Waals surface area contributed by atoms with Gasteiger partial charge >= 0.3 is 6.18 Å². The third-order valence-electron chi connectivity index (χ3n) is 3.17. The smallest absolute Gasteiger partial charge is 0.314 e. The first kappa shape index (κ1) is 20.0. The molecule has 0 spiro atoms. The number of rotatable bonds is 4. The second-order valence-electron chi connectivity index (χ2n) is 4.47. The van der Waals surface area contributed by atoms with E-state index in [1.54, 1.807) is 11.3 Å². The van der Waals surface area contributed by atoms with Crippen molar-refractivity contribution in [1.82, 2.24) is 10.2 Å². The molecule has 1 N–H and O–H groups in total. The Morgan fingerprint density at radius 3 is 2.40 bits per heavy atom. The highest BCUT2D eigenvalue weighted by Crippen LogP contribution is 2.33. The fourth-order valence-electron chi connectivity index (χ4n) is 2.28. The van der Waals surface area contributed by atoms with Gasteiger partial charge in [0, 0.05) is 43.5 Å². The lowest BCUT2D eigenvalue weighted by Gasteiger charge is -2.34. The Morgan fingerprint density at radius 1 is 1.25 bits per heavy atom. The van der Waals surface area contributed by atoms with Crippen LogP contribution >= 0.6 is 36.2 Å². The van der Waals surface area contributed by atoms with Crippen molar-refractivity contribution in [3.63, 3.8) is 0 Å². The molecule has 0 amide bonds. The topological polar surface area (TPSA) is 15.3 Å². The Labute approximate surface area is 133 Å². The van der Waals surface area contributed by atoms with E-state index in [-0.39, 0.29) is 37.3 Å². The monoisotopic (exact) mass is 350 g/mol. The lowest BCUT2D eigenvalue weighted by atomic mass is 10.1. The van der Waals surface area contributed by atoms with E-state index in [9.17, 15) is 13.2 Å². The molecule has 1 aromatic rings. The van der Waals surface area contributed by atoms with Gasteiger partial charge in [0.05, 0.1) is 0 Å². The molecule has 0 unspecified atom stereocenters. The number of alkyl halides is 3. The number of thiophene rings is 1. The molecule has 2 heterocycles. The minimum atomic E-state index is -4.07. The number of hydrogen-bond donors (Lipinski definition) is 1. The van der Waals surface area contributed by atoms with Gasteiger partial charge in [-0.05, 0) is 17.9 Å². The normalized spacial score (nSPS) is 17.9. The molecule has 20 heavy (non-hydrogen) atoms. The molecular weight excluding hydrogens is 332 g/mol. The predicted molar refractivity (Wildman–Crippen MR) is 81.3 cm³/mol. The van der Waals surface area contributed by atoms with Crippen molar-refractivity contribution >= 4 is 36.2 Å². The zero-order chi connectivity index (χ0) is 13.0. The predicted octanol–water partition coefficient (Wildman–Crippen LogP) is 3.88. The molecule has 1 fully saturated rings. The number of hydrogen-bond acceptors (Lipinski definition) is 3. The minimum absolute atomic E-state index is 0. The first-order valence-corrected chi connectivity index (χ1v) is 6.99. The number of piperazine rings is 1. The van der Waals surface area contributed by atoms with Gasteiger partial charge in [0.15, 0.2) is 0 Å². The maximum Gasteiger partial charge on any atom is 0.389 e. The van der Waals surface area contributed by atoms with Crippen molar-refractivity contribution < 1.29 is 13.2 Å². The summed E-state index contributed by atoms with van der Waals surface area (Å²) in [5, 5.41) is 5.16. The summed E-state index contributed by atoms with van der Waals surface area (Å²) in [4.78, 5) is 3.20. The average Bonchev–Trinajstić information content (AvgIpc) is 2.83. The lowest BCUT2D eigenvalue weighted by molar-refractivity contribution is -0.138. The third kappa shape index (κ3) is 6.18. The molecule has 0 aliphatic carbocycles. The van der Waals surface area contributed by atoms with Crippen molar-refractivity contribution in [2.45, 2.75) is 25.1 Å². The standard InChI is InChI=1S/C12H17F3N2S.2ClH/c13-12(14,15)4-3-10(11-2-1-9-18-11)17-7-5-16-6-8-17;;/h1-2,9-10,16H,3-8H2;2*1H/t10-;;/m1../s1. The minimum Gasteiger partial charge on any atom is -0.314 e. The van der Waals surface area contributed by atoms with Gasteiger partial charge in [-0.25, -0.2) is 0 Å². The van der Waals surface area contributed by atoms with Gasteiger partial charge in [-0.1, -0.05) is 6.07 Å². The number of halogens is 5. The molecule has 0 radical (unpaired) electrons. The van der Waals surface area contributed by atoms with Crippen LogP contribution in [0.5, 0.6) is 0 Å². The quantitative estimate of drug-likeness (QED) is 0.886. The van der Waals surface area contributed by atoms with E-state index in [2.05, 4.69) is 10.2 Å². The Kier molecular flexibility index (Phi) is 9.09. The lowest BCUT2D eigenvalue weighted by Crippen LogP contribution is -2.45. The SMILES string of the molecule is Cl.Cl.FC(F)(F)CC[C@H](c1cccs1)N1CCNCC1. The highest BCUT2D eigenvalue weighted by atomic mass is 35.5. The molecule has 118 valence electrons. The molecule has 0 saturated carbocycles. The van der Waals surface area contributed by atoms with Crippen molar-refractivity contribution in [2.24, 2.45) is 0 Å². The summed E-state index contributed by atoms with van der Waals surface area (Å²) in [7, 11) is 0. The van der Waals surface area contributed by atoms with Crippen LogP contribution in [-0.4, -0.2) is 37.3 Å². The summed E-state index contributed by atoms with van der Waals surface area (Å²) in [5.41, 5.74) is 0. The van der Waals surface area contributed by atoms with Gasteiger partial charge in [-0.15, -0.1) is 36.2 Å². The van der Waals surface area contributed by atoms with Crippen LogP contribution in [0, 0.1) is 0 Å². The molecule has 0 bridgehead atoms. The first-order chi connectivity index (χ1) is 8.56. The summed E-state index contributed by atoms with van der Waals surface area (Å²) in [5.74, 6) is 0. The highest BCUT2D eigenvalue weighted by Gasteiger charge is 2.31. The molecule has 8 heteroatoms. The molecule has 1 atom stereocenters. The van der Waals surface area contributed by atoms with Gasteiger partial charge in [-0.2, -0.15) is 13.2 Å².